The number of aliphatic carboxylic acids is 4. The van der Waals surface area contributed by atoms with E-state index in [0.29, 0.717) is 11.3 Å². The number of hydrogen-bond donors (Lipinski definition) is 4. The Morgan fingerprint density at radius 1 is 0.765 bits per heavy atom. The van der Waals surface area contributed by atoms with Crippen molar-refractivity contribution in [1.29, 1.82) is 0 Å². The standard InChI is InChI=1S/C22H22N4O8/c27-18(28)10-25(11-19(29)30)7-8-26(12-20(31)32)21(22(33)34)14-3-1-13(2-4-14)16-6-5-15-9-17(16)24-23-15/h1-6,9,21H,7-8,10-12H2,(H,27,28)(H,29,30)(H,31,32)(H,33,34). The predicted octanol–water partition coefficient (Wildman–Crippen LogP) is 2.07. The van der Waals surface area contributed by atoms with Gasteiger partial charge in [-0.2, -0.15) is 5.11 Å². The number of hydrogen-bond acceptors (Lipinski definition) is 8. The van der Waals surface area contributed by atoms with Crippen LogP contribution in [0.5, 0.6) is 0 Å². The highest BCUT2D eigenvalue weighted by molar-refractivity contribution is 5.81. The summed E-state index contributed by atoms with van der Waals surface area (Å²) in [5.41, 5.74) is 3.32. The number of nitrogens with zero attached hydrogens (tertiary/aromatic N) is 4. The number of benzene rings is 2. The van der Waals surface area contributed by atoms with Gasteiger partial charge in [0.25, 0.3) is 0 Å². The molecule has 0 fully saturated rings. The van der Waals surface area contributed by atoms with Crippen molar-refractivity contribution in [3.05, 3.63) is 48.0 Å². The van der Waals surface area contributed by atoms with Gasteiger partial charge in [0.15, 0.2) is 0 Å². The van der Waals surface area contributed by atoms with E-state index in [0.717, 1.165) is 26.6 Å². The molecule has 3 rings (SSSR count). The molecule has 12 heteroatoms. The van der Waals surface area contributed by atoms with E-state index >= 15 is 0 Å². The monoisotopic (exact) mass is 470 g/mol. The lowest BCUT2D eigenvalue weighted by Gasteiger charge is -2.30. The Bertz CT molecular complexity index is 1120. The van der Waals surface area contributed by atoms with Crippen LogP contribution < -0.4 is 0 Å². The maximum Gasteiger partial charge on any atom is 0.325 e. The number of azo groups is 1. The van der Waals surface area contributed by atoms with Crippen molar-refractivity contribution in [2.75, 3.05) is 32.7 Å². The lowest BCUT2D eigenvalue weighted by Crippen LogP contribution is -2.44. The predicted molar refractivity (Wildman–Crippen MR) is 117 cm³/mol. The lowest BCUT2D eigenvalue weighted by molar-refractivity contribution is -0.148. The molecule has 0 radical (unpaired) electrons. The Hall–Kier alpha value is -4.16. The minimum atomic E-state index is -1.35. The maximum absolute atomic E-state index is 12.1. The smallest absolute Gasteiger partial charge is 0.325 e. The summed E-state index contributed by atoms with van der Waals surface area (Å²) < 4.78 is 0. The van der Waals surface area contributed by atoms with Crippen molar-refractivity contribution in [2.24, 2.45) is 10.2 Å². The molecule has 0 saturated heterocycles. The van der Waals surface area contributed by atoms with Gasteiger partial charge in [-0.05, 0) is 29.3 Å². The summed E-state index contributed by atoms with van der Waals surface area (Å²) in [6.07, 6.45) is 0. The molecule has 2 bridgehead atoms. The van der Waals surface area contributed by atoms with Gasteiger partial charge in [0.1, 0.15) is 6.04 Å². The Labute approximate surface area is 193 Å². The molecule has 178 valence electrons. The fourth-order valence-electron chi connectivity index (χ4n) is 3.71. The van der Waals surface area contributed by atoms with Crippen LogP contribution in [0.2, 0.25) is 0 Å². The van der Waals surface area contributed by atoms with Gasteiger partial charge in [0.2, 0.25) is 0 Å². The van der Waals surface area contributed by atoms with Crippen LogP contribution in [0.3, 0.4) is 0 Å². The maximum atomic E-state index is 12.1. The van der Waals surface area contributed by atoms with Crippen molar-refractivity contribution in [1.82, 2.24) is 9.80 Å². The minimum absolute atomic E-state index is 0.158. The topological polar surface area (TPSA) is 180 Å². The Kier molecular flexibility index (Phi) is 7.66. The average Bonchev–Trinajstić information content (AvgIpc) is 3.12. The quantitative estimate of drug-likeness (QED) is 0.289. The number of rotatable bonds is 13. The third kappa shape index (κ3) is 6.21. The first-order valence-electron chi connectivity index (χ1n) is 10.1. The molecule has 1 atom stereocenters. The van der Waals surface area contributed by atoms with Crippen molar-refractivity contribution in [3.63, 3.8) is 0 Å². The molecule has 0 amide bonds. The van der Waals surface area contributed by atoms with Crippen LogP contribution in [-0.4, -0.2) is 86.8 Å². The van der Waals surface area contributed by atoms with Gasteiger partial charge in [-0.25, -0.2) is 0 Å². The van der Waals surface area contributed by atoms with Crippen molar-refractivity contribution in [2.45, 2.75) is 6.04 Å². The van der Waals surface area contributed by atoms with Gasteiger partial charge in [-0.15, -0.1) is 5.11 Å². The summed E-state index contributed by atoms with van der Waals surface area (Å²) in [5.74, 6) is -5.09. The van der Waals surface area contributed by atoms with Gasteiger partial charge >= 0.3 is 23.9 Å². The van der Waals surface area contributed by atoms with E-state index in [1.54, 1.807) is 30.3 Å². The van der Waals surface area contributed by atoms with Crippen LogP contribution in [0.1, 0.15) is 11.6 Å². The fourth-order valence-corrected chi connectivity index (χ4v) is 3.71. The summed E-state index contributed by atoms with van der Waals surface area (Å²) in [5, 5.41) is 45.2. The SMILES string of the molecule is O=C(O)CN(CCN(CC(=O)O)C(C(=O)O)c1ccc(-c2ccc3cc2N=N3)cc1)CC(=O)O. The Morgan fingerprint density at radius 2 is 1.38 bits per heavy atom. The van der Waals surface area contributed by atoms with Crippen molar-refractivity contribution in [3.8, 4) is 11.1 Å². The molecule has 1 aliphatic rings. The molecule has 0 aromatic heterocycles. The normalized spacial score (nSPS) is 12.8. The van der Waals surface area contributed by atoms with Gasteiger partial charge in [0.05, 0.1) is 31.0 Å². The second kappa shape index (κ2) is 10.6. The van der Waals surface area contributed by atoms with Gasteiger partial charge < -0.3 is 20.4 Å². The molecule has 2 aromatic carbocycles. The molecule has 12 nitrogen and oxygen atoms in total. The lowest BCUT2D eigenvalue weighted by atomic mass is 9.98. The van der Waals surface area contributed by atoms with E-state index in [1.807, 2.05) is 12.1 Å². The average molecular weight is 470 g/mol. The Balaban J connectivity index is 1.83. The molecule has 2 aromatic rings. The number of carbonyl (C=O) groups is 4. The minimum Gasteiger partial charge on any atom is -0.480 e. The first-order valence-corrected chi connectivity index (χ1v) is 10.1. The van der Waals surface area contributed by atoms with E-state index in [4.69, 9.17) is 10.2 Å². The highest BCUT2D eigenvalue weighted by atomic mass is 16.4. The first-order chi connectivity index (χ1) is 16.1. The second-order valence-corrected chi connectivity index (χ2v) is 7.63. The summed E-state index contributed by atoms with van der Waals surface area (Å²) >= 11 is 0. The molecule has 0 saturated carbocycles. The molecule has 1 heterocycles. The molecule has 0 spiro atoms. The Morgan fingerprint density at radius 3 is 1.94 bits per heavy atom. The van der Waals surface area contributed by atoms with Crippen LogP contribution in [0.25, 0.3) is 11.1 Å². The summed E-state index contributed by atoms with van der Waals surface area (Å²) in [4.78, 5) is 47.8. The van der Waals surface area contributed by atoms with Crippen LogP contribution in [0.4, 0.5) is 11.4 Å². The summed E-state index contributed by atoms with van der Waals surface area (Å²) in [6, 6.07) is 10.7. The summed E-state index contributed by atoms with van der Waals surface area (Å²) in [6.45, 7) is -2.15. The zero-order chi connectivity index (χ0) is 24.8. The van der Waals surface area contributed by atoms with Crippen LogP contribution in [-0.2, 0) is 19.2 Å². The van der Waals surface area contributed by atoms with E-state index in [2.05, 4.69) is 10.2 Å². The van der Waals surface area contributed by atoms with E-state index in [9.17, 15) is 29.4 Å². The first kappa shape index (κ1) is 24.5. The van der Waals surface area contributed by atoms with E-state index in [1.165, 1.54) is 0 Å². The molecule has 0 aliphatic carbocycles. The van der Waals surface area contributed by atoms with Gasteiger partial charge in [-0.1, -0.05) is 24.3 Å². The highest BCUT2D eigenvalue weighted by Crippen LogP contribution is 2.39. The number of carboxylic acid groups (broad SMARTS) is 4. The zero-order valence-electron chi connectivity index (χ0n) is 17.9. The van der Waals surface area contributed by atoms with Crippen molar-refractivity contribution < 1.29 is 39.6 Å². The van der Waals surface area contributed by atoms with Gasteiger partial charge in [0, 0.05) is 18.7 Å². The molecule has 4 N–H and O–H groups in total. The third-order valence-electron chi connectivity index (χ3n) is 5.15. The molecule has 34 heavy (non-hydrogen) atoms. The summed E-state index contributed by atoms with van der Waals surface area (Å²) in [7, 11) is 0. The van der Waals surface area contributed by atoms with Crippen molar-refractivity contribution >= 4 is 35.3 Å². The highest BCUT2D eigenvalue weighted by Gasteiger charge is 2.30. The number of fused-ring (bicyclic) bond motifs is 2. The largest absolute Gasteiger partial charge is 0.480 e. The van der Waals surface area contributed by atoms with E-state index < -0.39 is 49.6 Å². The molecular weight excluding hydrogens is 448 g/mol. The van der Waals surface area contributed by atoms with Gasteiger partial charge in [-0.3, -0.25) is 29.0 Å². The molecule has 1 unspecified atom stereocenters. The van der Waals surface area contributed by atoms with Crippen LogP contribution >= 0.6 is 0 Å². The second-order valence-electron chi connectivity index (χ2n) is 7.63. The van der Waals surface area contributed by atoms with Crippen LogP contribution in [0, 0.1) is 0 Å². The zero-order valence-corrected chi connectivity index (χ0v) is 17.9. The molecular formula is C22H22N4O8. The third-order valence-corrected chi connectivity index (χ3v) is 5.15. The fraction of sp³-hybridized carbons (Fsp3) is 0.273. The van der Waals surface area contributed by atoms with E-state index in [-0.39, 0.29) is 13.1 Å². The van der Waals surface area contributed by atoms with Crippen LogP contribution in [0.15, 0.2) is 52.7 Å². The molecule has 1 aliphatic heterocycles. The number of carboxylic acids is 4.